The number of rotatable bonds is 9. The Morgan fingerprint density at radius 3 is 2.45 bits per heavy atom. The van der Waals surface area contributed by atoms with E-state index in [2.05, 4.69) is 37.2 Å². The Hall–Kier alpha value is -5.37. The Morgan fingerprint density at radius 2 is 1.75 bits per heavy atom. The molecule has 1 aromatic carbocycles. The molecule has 284 valence electrons. The number of ether oxygens (including phenoxy) is 1. The molecule has 3 aromatic heterocycles. The number of hydrogen-bond acceptors (Lipinski definition) is 10. The highest BCUT2D eigenvalue weighted by atomic mass is 16.5. The van der Waals surface area contributed by atoms with Crippen molar-refractivity contribution in [1.29, 1.82) is 0 Å². The minimum atomic E-state index is -0.652. The first-order valence-electron chi connectivity index (χ1n) is 19.7. The van der Waals surface area contributed by atoms with Crippen molar-refractivity contribution in [3.05, 3.63) is 65.6 Å². The number of imide groups is 1. The van der Waals surface area contributed by atoms with E-state index in [0.29, 0.717) is 29.8 Å². The van der Waals surface area contributed by atoms with Gasteiger partial charge in [0.25, 0.3) is 5.91 Å². The van der Waals surface area contributed by atoms with E-state index in [4.69, 9.17) is 14.7 Å². The third-order valence-corrected chi connectivity index (χ3v) is 12.7. The van der Waals surface area contributed by atoms with E-state index >= 15 is 0 Å². The first-order chi connectivity index (χ1) is 26.7. The van der Waals surface area contributed by atoms with Crippen LogP contribution in [0.3, 0.4) is 0 Å². The molecule has 1 unspecified atom stereocenters. The van der Waals surface area contributed by atoms with Gasteiger partial charge < -0.3 is 24.4 Å². The van der Waals surface area contributed by atoms with Crippen LogP contribution < -0.4 is 20.4 Å². The maximum absolute atomic E-state index is 13.8. The maximum Gasteiger partial charge on any atom is 0.270 e. The number of pyridine rings is 1. The van der Waals surface area contributed by atoms with Crippen molar-refractivity contribution in [2.75, 3.05) is 42.3 Å². The number of nitrogens with zero attached hydrogens (tertiary/aromatic N) is 7. The van der Waals surface area contributed by atoms with Gasteiger partial charge in [0, 0.05) is 68.7 Å². The molecule has 4 amide bonds. The first-order valence-corrected chi connectivity index (χ1v) is 19.7. The fourth-order valence-electron chi connectivity index (χ4n) is 9.53. The standard InChI is InChI=1S/C41H45N9O5/c1-47(2)38(53)32-18-25-20-43-40(46-36(25)49(32)26-6-3-4-7-26)44-33-12-10-23(19-42-33)24-16-27(17-24)55-28-21-48(22-28)29-8-5-9-30-35(29)41(14-15-41)39(54)50(30)31-11-13-34(51)45-37(31)52/h5,8-10,12,18-20,24,26-28,31H,3-4,6-7,11,13-17,21-22H2,1-2H3,(H,45,51,52)(H,42,43,44,46). The molecule has 4 aromatic rings. The molecule has 6 heterocycles. The lowest BCUT2D eigenvalue weighted by Crippen LogP contribution is -2.55. The van der Waals surface area contributed by atoms with Crippen molar-refractivity contribution >= 4 is 57.8 Å². The lowest BCUT2D eigenvalue weighted by atomic mass is 9.78. The zero-order valence-electron chi connectivity index (χ0n) is 31.2. The van der Waals surface area contributed by atoms with E-state index in [9.17, 15) is 19.2 Å². The van der Waals surface area contributed by atoms with Crippen LogP contribution in [0.5, 0.6) is 0 Å². The normalized spacial score (nSPS) is 24.5. The van der Waals surface area contributed by atoms with Crippen LogP contribution in [-0.2, 0) is 24.5 Å². The maximum atomic E-state index is 13.8. The summed E-state index contributed by atoms with van der Waals surface area (Å²) in [5.74, 6) is 0.787. The third kappa shape index (κ3) is 5.66. The van der Waals surface area contributed by atoms with Gasteiger partial charge in [0.05, 0.1) is 23.3 Å². The van der Waals surface area contributed by atoms with E-state index in [1.807, 2.05) is 30.5 Å². The summed E-state index contributed by atoms with van der Waals surface area (Å²) < 4.78 is 8.62. The van der Waals surface area contributed by atoms with Gasteiger partial charge in [-0.25, -0.2) is 9.97 Å². The molecule has 55 heavy (non-hydrogen) atoms. The molecule has 2 saturated heterocycles. The van der Waals surface area contributed by atoms with E-state index in [-0.39, 0.29) is 48.3 Å². The van der Waals surface area contributed by atoms with Crippen molar-refractivity contribution in [2.24, 2.45) is 0 Å². The summed E-state index contributed by atoms with van der Waals surface area (Å²) in [6.45, 7) is 1.52. The fraction of sp³-hybridized carbons (Fsp3) is 0.488. The molecule has 14 heteroatoms. The van der Waals surface area contributed by atoms with Crippen LogP contribution in [0.25, 0.3) is 11.0 Å². The van der Waals surface area contributed by atoms with E-state index in [1.54, 1.807) is 30.1 Å². The molecule has 6 aliphatic rings. The highest BCUT2D eigenvalue weighted by Crippen LogP contribution is 2.61. The average molecular weight is 744 g/mol. The zero-order chi connectivity index (χ0) is 37.6. The van der Waals surface area contributed by atoms with Crippen LogP contribution in [0.15, 0.2) is 48.8 Å². The molecule has 0 radical (unpaired) electrons. The highest BCUT2D eigenvalue weighted by molar-refractivity contribution is 6.16. The van der Waals surface area contributed by atoms with Crippen LogP contribution in [-0.4, -0.2) is 93.5 Å². The van der Waals surface area contributed by atoms with Crippen molar-refractivity contribution in [3.63, 3.8) is 0 Å². The smallest absolute Gasteiger partial charge is 0.270 e. The van der Waals surface area contributed by atoms with E-state index in [1.165, 1.54) is 5.56 Å². The van der Waals surface area contributed by atoms with Crippen LogP contribution in [0.1, 0.15) is 97.8 Å². The van der Waals surface area contributed by atoms with Gasteiger partial charge in [-0.1, -0.05) is 25.0 Å². The number of aromatic nitrogens is 4. The number of carbonyl (C=O) groups excluding carboxylic acids is 4. The number of piperidine rings is 1. The first kappa shape index (κ1) is 34.1. The number of benzene rings is 1. The van der Waals surface area contributed by atoms with Gasteiger partial charge in [-0.3, -0.25) is 29.4 Å². The average Bonchev–Trinajstić information content (AvgIpc) is 3.47. The summed E-state index contributed by atoms with van der Waals surface area (Å²) in [5.41, 5.74) is 4.95. The summed E-state index contributed by atoms with van der Waals surface area (Å²) in [6, 6.07) is 11.6. The second-order valence-electron chi connectivity index (χ2n) is 16.5. The predicted octanol–water partition coefficient (Wildman–Crippen LogP) is 4.72. The van der Waals surface area contributed by atoms with Crippen LogP contribution >= 0.6 is 0 Å². The number of carbonyl (C=O) groups is 4. The second-order valence-corrected chi connectivity index (χ2v) is 16.5. The minimum Gasteiger partial charge on any atom is -0.371 e. The predicted molar refractivity (Wildman–Crippen MR) is 204 cm³/mol. The lowest BCUT2D eigenvalue weighted by Gasteiger charge is -2.46. The van der Waals surface area contributed by atoms with Gasteiger partial charge in [-0.05, 0) is 80.7 Å². The highest BCUT2D eigenvalue weighted by Gasteiger charge is 2.62. The zero-order valence-corrected chi connectivity index (χ0v) is 31.2. The molecule has 3 aliphatic heterocycles. The number of nitrogens with one attached hydrogen (secondary N) is 2. The molecule has 1 spiro atoms. The van der Waals surface area contributed by atoms with Crippen molar-refractivity contribution in [1.82, 2.24) is 29.7 Å². The molecule has 3 saturated carbocycles. The third-order valence-electron chi connectivity index (χ3n) is 12.7. The number of amides is 4. The van der Waals surface area contributed by atoms with Gasteiger partial charge in [-0.2, -0.15) is 4.98 Å². The number of anilines is 4. The quantitative estimate of drug-likeness (QED) is 0.230. The van der Waals surface area contributed by atoms with E-state index < -0.39 is 11.5 Å². The van der Waals surface area contributed by atoms with Gasteiger partial charge >= 0.3 is 0 Å². The number of hydrogen-bond donors (Lipinski definition) is 2. The van der Waals surface area contributed by atoms with E-state index in [0.717, 1.165) is 92.4 Å². The summed E-state index contributed by atoms with van der Waals surface area (Å²) in [4.78, 5) is 71.1. The largest absolute Gasteiger partial charge is 0.371 e. The SMILES string of the molecule is CN(C)C(=O)c1cc2cnc(Nc3ccc(C4CC(OC5CN(c6cccc7c6C6(CC6)C(=O)N7C6CCC(=O)NC6=O)C5)C4)cn3)nc2n1C1CCCC1. The molecular formula is C41H45N9O5. The molecule has 0 bridgehead atoms. The topological polar surface area (TPSA) is 155 Å². The van der Waals surface area contributed by atoms with Crippen molar-refractivity contribution < 1.29 is 23.9 Å². The molecule has 2 N–H and O–H groups in total. The Kier molecular flexibility index (Phi) is 7.98. The fourth-order valence-corrected chi connectivity index (χ4v) is 9.53. The molecule has 14 nitrogen and oxygen atoms in total. The van der Waals surface area contributed by atoms with Crippen LogP contribution in [0.2, 0.25) is 0 Å². The molecule has 5 fully saturated rings. The Labute approximate surface area is 318 Å². The molecular weight excluding hydrogens is 699 g/mol. The summed E-state index contributed by atoms with van der Waals surface area (Å²) in [6.07, 6.45) is 12.4. The van der Waals surface area contributed by atoms with Crippen molar-refractivity contribution in [3.8, 4) is 0 Å². The van der Waals surface area contributed by atoms with Crippen LogP contribution in [0, 0.1) is 0 Å². The van der Waals surface area contributed by atoms with Gasteiger partial charge in [-0.15, -0.1) is 0 Å². The molecule has 10 rings (SSSR count). The minimum absolute atomic E-state index is 0.00964. The van der Waals surface area contributed by atoms with Gasteiger partial charge in [0.15, 0.2) is 0 Å². The summed E-state index contributed by atoms with van der Waals surface area (Å²) >= 11 is 0. The molecule has 3 aliphatic carbocycles. The molecule has 1 atom stereocenters. The Bertz CT molecular complexity index is 2230. The van der Waals surface area contributed by atoms with Gasteiger partial charge in [0.2, 0.25) is 23.7 Å². The lowest BCUT2D eigenvalue weighted by molar-refractivity contribution is -0.135. The van der Waals surface area contributed by atoms with Crippen LogP contribution in [0.4, 0.5) is 23.1 Å². The summed E-state index contributed by atoms with van der Waals surface area (Å²) in [7, 11) is 3.55. The Morgan fingerprint density at radius 1 is 0.964 bits per heavy atom. The monoisotopic (exact) mass is 743 g/mol. The summed E-state index contributed by atoms with van der Waals surface area (Å²) in [5, 5.41) is 6.55. The number of fused-ring (bicyclic) bond motifs is 3. The Balaban J connectivity index is 0.754. The van der Waals surface area contributed by atoms with Gasteiger partial charge in [0.1, 0.15) is 23.2 Å². The second kappa shape index (κ2) is 12.9. The van der Waals surface area contributed by atoms with Crippen molar-refractivity contribution in [2.45, 2.75) is 99.8 Å².